The van der Waals surface area contributed by atoms with Crippen LogP contribution in [0.2, 0.25) is 0 Å². The van der Waals surface area contributed by atoms with E-state index in [1.165, 1.54) is 0 Å². The molecule has 0 N–H and O–H groups in total. The van der Waals surface area contributed by atoms with Crippen LogP contribution < -0.4 is 0 Å². The Morgan fingerprint density at radius 2 is 1.85 bits per heavy atom. The second-order valence-corrected chi connectivity index (χ2v) is 5.24. The third-order valence-corrected chi connectivity index (χ3v) is 3.53. The van der Waals surface area contributed by atoms with Crippen LogP contribution in [0, 0.1) is 5.92 Å². The smallest absolute Gasteiger partial charge is 0.325 e. The molecule has 20 heavy (non-hydrogen) atoms. The minimum absolute atomic E-state index is 0.0554. The van der Waals surface area contributed by atoms with Crippen molar-refractivity contribution in [3.8, 4) is 0 Å². The fourth-order valence-electron chi connectivity index (χ4n) is 2.51. The second-order valence-electron chi connectivity index (χ2n) is 5.24. The third kappa shape index (κ3) is 5.49. The summed E-state index contributed by atoms with van der Waals surface area (Å²) >= 11 is 0. The standard InChI is InChI=1S/C15H27NO4/c1-4-7-16(11-15(18)20-6-3)14(17)10-12-8-13(9-12)19-5-2/h12-13H,4-11H2,1-3H3. The van der Waals surface area contributed by atoms with Gasteiger partial charge in [0.05, 0.1) is 12.7 Å². The first-order chi connectivity index (χ1) is 9.60. The van der Waals surface area contributed by atoms with E-state index in [1.807, 2.05) is 13.8 Å². The molecule has 0 aromatic rings. The van der Waals surface area contributed by atoms with Crippen LogP contribution in [0.1, 0.15) is 46.5 Å². The van der Waals surface area contributed by atoms with Gasteiger partial charge in [-0.3, -0.25) is 9.59 Å². The normalized spacial score (nSPS) is 21.1. The molecular weight excluding hydrogens is 258 g/mol. The minimum Gasteiger partial charge on any atom is -0.465 e. The lowest BCUT2D eigenvalue weighted by molar-refractivity contribution is -0.150. The summed E-state index contributed by atoms with van der Waals surface area (Å²) in [5, 5.41) is 0. The van der Waals surface area contributed by atoms with E-state index >= 15 is 0 Å². The summed E-state index contributed by atoms with van der Waals surface area (Å²) in [7, 11) is 0. The average molecular weight is 285 g/mol. The molecule has 5 heteroatoms. The Morgan fingerprint density at radius 1 is 1.15 bits per heavy atom. The van der Waals surface area contributed by atoms with Gasteiger partial charge in [0, 0.05) is 19.6 Å². The fraction of sp³-hybridized carbons (Fsp3) is 0.867. The number of rotatable bonds is 9. The van der Waals surface area contributed by atoms with Crippen LogP contribution in [0.5, 0.6) is 0 Å². The van der Waals surface area contributed by atoms with Crippen molar-refractivity contribution in [1.29, 1.82) is 0 Å². The zero-order valence-corrected chi connectivity index (χ0v) is 12.9. The van der Waals surface area contributed by atoms with Crippen LogP contribution in [-0.2, 0) is 19.1 Å². The van der Waals surface area contributed by atoms with Gasteiger partial charge < -0.3 is 14.4 Å². The van der Waals surface area contributed by atoms with Crippen molar-refractivity contribution >= 4 is 11.9 Å². The molecule has 0 aliphatic heterocycles. The third-order valence-electron chi connectivity index (χ3n) is 3.53. The van der Waals surface area contributed by atoms with Gasteiger partial charge in [0.2, 0.25) is 5.91 Å². The fourth-order valence-corrected chi connectivity index (χ4v) is 2.51. The topological polar surface area (TPSA) is 55.8 Å². The van der Waals surface area contributed by atoms with Crippen LogP contribution in [0.25, 0.3) is 0 Å². The molecule has 1 aliphatic rings. The van der Waals surface area contributed by atoms with Crippen LogP contribution in [0.3, 0.4) is 0 Å². The molecule has 0 aromatic carbocycles. The highest BCUT2D eigenvalue weighted by Crippen LogP contribution is 2.33. The minimum atomic E-state index is -0.324. The van der Waals surface area contributed by atoms with Crippen molar-refractivity contribution in [3.63, 3.8) is 0 Å². The molecule has 0 radical (unpaired) electrons. The second kappa shape index (κ2) is 8.95. The van der Waals surface area contributed by atoms with Gasteiger partial charge >= 0.3 is 5.97 Å². The molecular formula is C15H27NO4. The van der Waals surface area contributed by atoms with E-state index in [9.17, 15) is 9.59 Å². The number of ether oxygens (including phenoxy) is 2. The van der Waals surface area contributed by atoms with Crippen LogP contribution in [0.4, 0.5) is 0 Å². The summed E-state index contributed by atoms with van der Waals surface area (Å²) in [6, 6.07) is 0. The molecule has 1 rings (SSSR count). The monoisotopic (exact) mass is 285 g/mol. The first-order valence-corrected chi connectivity index (χ1v) is 7.65. The number of carbonyl (C=O) groups excluding carboxylic acids is 2. The zero-order chi connectivity index (χ0) is 15.0. The molecule has 0 atom stereocenters. The van der Waals surface area contributed by atoms with Crippen LogP contribution in [-0.4, -0.2) is 49.2 Å². The molecule has 0 bridgehead atoms. The molecule has 5 nitrogen and oxygen atoms in total. The highest BCUT2D eigenvalue weighted by Gasteiger charge is 2.32. The molecule has 0 spiro atoms. The van der Waals surface area contributed by atoms with Crippen molar-refractivity contribution in [1.82, 2.24) is 4.90 Å². The molecule has 116 valence electrons. The van der Waals surface area contributed by atoms with Crippen LogP contribution in [0.15, 0.2) is 0 Å². The van der Waals surface area contributed by atoms with Crippen molar-refractivity contribution in [3.05, 3.63) is 0 Å². The van der Waals surface area contributed by atoms with Crippen LogP contribution >= 0.6 is 0 Å². The summed E-state index contributed by atoms with van der Waals surface area (Å²) in [6.07, 6.45) is 3.60. The zero-order valence-electron chi connectivity index (χ0n) is 12.9. The summed E-state index contributed by atoms with van der Waals surface area (Å²) < 4.78 is 10.4. The molecule has 1 amide bonds. The predicted octanol–water partition coefficient (Wildman–Crippen LogP) is 1.99. The first kappa shape index (κ1) is 17.0. The van der Waals surface area contributed by atoms with Crippen molar-refractivity contribution in [2.45, 2.75) is 52.6 Å². The number of hydrogen-bond acceptors (Lipinski definition) is 4. The van der Waals surface area contributed by atoms with Gasteiger partial charge in [0.25, 0.3) is 0 Å². The van der Waals surface area contributed by atoms with Gasteiger partial charge in [-0.05, 0) is 39.0 Å². The average Bonchev–Trinajstić information content (AvgIpc) is 2.36. The van der Waals surface area contributed by atoms with Crippen molar-refractivity contribution in [2.24, 2.45) is 5.92 Å². The van der Waals surface area contributed by atoms with E-state index in [1.54, 1.807) is 11.8 Å². The Kier molecular flexibility index (Phi) is 7.59. The first-order valence-electron chi connectivity index (χ1n) is 7.65. The predicted molar refractivity (Wildman–Crippen MR) is 76.3 cm³/mol. The Hall–Kier alpha value is -1.10. The number of carbonyl (C=O) groups is 2. The quantitative estimate of drug-likeness (QED) is 0.608. The SMILES string of the molecule is CCCN(CC(=O)OCC)C(=O)CC1CC(OCC)C1. The number of hydrogen-bond donors (Lipinski definition) is 0. The Bertz CT molecular complexity index is 313. The maximum Gasteiger partial charge on any atom is 0.325 e. The molecule has 0 saturated heterocycles. The maximum atomic E-state index is 12.2. The highest BCUT2D eigenvalue weighted by molar-refractivity contribution is 5.82. The van der Waals surface area contributed by atoms with E-state index in [-0.39, 0.29) is 18.4 Å². The van der Waals surface area contributed by atoms with Gasteiger partial charge in [-0.1, -0.05) is 6.92 Å². The lowest BCUT2D eigenvalue weighted by atomic mass is 9.79. The lowest BCUT2D eigenvalue weighted by Gasteiger charge is -2.35. The molecule has 0 unspecified atom stereocenters. The van der Waals surface area contributed by atoms with E-state index in [0.717, 1.165) is 25.9 Å². The van der Waals surface area contributed by atoms with Crippen molar-refractivity contribution < 1.29 is 19.1 Å². The molecule has 1 saturated carbocycles. The molecule has 1 aliphatic carbocycles. The molecule has 0 aromatic heterocycles. The Morgan fingerprint density at radius 3 is 2.40 bits per heavy atom. The number of amides is 1. The summed E-state index contributed by atoms with van der Waals surface area (Å²) in [4.78, 5) is 25.3. The van der Waals surface area contributed by atoms with Gasteiger partial charge in [0.1, 0.15) is 6.54 Å². The van der Waals surface area contributed by atoms with E-state index < -0.39 is 0 Å². The number of esters is 1. The van der Waals surface area contributed by atoms with E-state index in [0.29, 0.717) is 31.6 Å². The highest BCUT2D eigenvalue weighted by atomic mass is 16.5. The molecule has 0 heterocycles. The Balaban J connectivity index is 2.35. The largest absolute Gasteiger partial charge is 0.465 e. The van der Waals surface area contributed by atoms with Gasteiger partial charge in [-0.25, -0.2) is 0 Å². The van der Waals surface area contributed by atoms with Crippen molar-refractivity contribution in [2.75, 3.05) is 26.3 Å². The van der Waals surface area contributed by atoms with E-state index in [4.69, 9.17) is 9.47 Å². The van der Waals surface area contributed by atoms with Gasteiger partial charge in [-0.2, -0.15) is 0 Å². The van der Waals surface area contributed by atoms with Gasteiger partial charge in [-0.15, -0.1) is 0 Å². The maximum absolute atomic E-state index is 12.2. The summed E-state index contributed by atoms with van der Waals surface area (Å²) in [5.74, 6) is 0.135. The summed E-state index contributed by atoms with van der Waals surface area (Å²) in [6.45, 7) is 7.52. The Labute approximate surface area is 121 Å². The molecule has 1 fully saturated rings. The van der Waals surface area contributed by atoms with Gasteiger partial charge in [0.15, 0.2) is 0 Å². The summed E-state index contributed by atoms with van der Waals surface area (Å²) in [5.41, 5.74) is 0. The van der Waals surface area contributed by atoms with E-state index in [2.05, 4.69) is 0 Å². The lowest BCUT2D eigenvalue weighted by Crippen LogP contribution is -2.40. The number of nitrogens with zero attached hydrogens (tertiary/aromatic N) is 1.